The van der Waals surface area contributed by atoms with E-state index in [1.54, 1.807) is 25.3 Å². The minimum absolute atomic E-state index is 0.354. The van der Waals surface area contributed by atoms with Gasteiger partial charge in [-0.2, -0.15) is 5.10 Å². The molecule has 6 heteroatoms. The fourth-order valence-electron chi connectivity index (χ4n) is 2.28. The Hall–Kier alpha value is -3.12. The quantitative estimate of drug-likeness (QED) is 0.427. The number of rotatable bonds is 9. The van der Waals surface area contributed by atoms with Gasteiger partial charge in [0, 0.05) is 7.11 Å². The Balaban J connectivity index is 2.03. The van der Waals surface area contributed by atoms with Gasteiger partial charge in [-0.3, -0.25) is 4.79 Å². The van der Waals surface area contributed by atoms with Crippen LogP contribution in [0.4, 0.5) is 0 Å². The monoisotopic (exact) mass is 354 g/mol. The lowest BCUT2D eigenvalue weighted by Crippen LogP contribution is -2.26. The number of carbonyl (C=O) groups excluding carboxylic acids is 1. The van der Waals surface area contributed by atoms with Crippen LogP contribution >= 0.6 is 0 Å². The van der Waals surface area contributed by atoms with Gasteiger partial charge in [-0.05, 0) is 29.3 Å². The number of nitrogens with one attached hydrogen (secondary N) is 1. The van der Waals surface area contributed by atoms with Crippen LogP contribution in [0.25, 0.3) is 0 Å². The average Bonchev–Trinajstić information content (AvgIpc) is 2.68. The predicted octanol–water partition coefficient (Wildman–Crippen LogP) is 3.10. The highest BCUT2D eigenvalue weighted by Crippen LogP contribution is 2.27. The van der Waals surface area contributed by atoms with Crippen molar-refractivity contribution in [3.63, 3.8) is 0 Å². The molecule has 0 heterocycles. The number of hydrogen-bond acceptors (Lipinski definition) is 5. The molecule has 0 fully saturated rings. The molecule has 0 saturated heterocycles. The van der Waals surface area contributed by atoms with Crippen molar-refractivity contribution in [3.05, 3.63) is 72.3 Å². The number of carbonyl (C=O) groups is 1. The molecule has 2 aromatic rings. The van der Waals surface area contributed by atoms with Gasteiger partial charge in [0.25, 0.3) is 5.91 Å². The zero-order valence-electron chi connectivity index (χ0n) is 14.8. The molecule has 0 aliphatic rings. The summed E-state index contributed by atoms with van der Waals surface area (Å²) in [6, 6.07) is 14.6. The van der Waals surface area contributed by atoms with E-state index in [4.69, 9.17) is 14.2 Å². The van der Waals surface area contributed by atoms with E-state index in [0.717, 1.165) is 11.1 Å². The molecule has 0 unspecified atom stereocenters. The molecule has 0 aliphatic heterocycles. The third kappa shape index (κ3) is 5.19. The van der Waals surface area contributed by atoms with Crippen molar-refractivity contribution in [2.75, 3.05) is 20.8 Å². The van der Waals surface area contributed by atoms with Crippen LogP contribution in [0.15, 0.2) is 66.3 Å². The van der Waals surface area contributed by atoms with Crippen LogP contribution in [-0.2, 0) is 9.53 Å². The topological polar surface area (TPSA) is 69.2 Å². The summed E-state index contributed by atoms with van der Waals surface area (Å²) in [5, 5.41) is 3.99. The Morgan fingerprint density at radius 1 is 1.19 bits per heavy atom. The minimum atomic E-state index is -0.724. The standard InChI is InChI=1S/C20H22N2O4/c1-4-12-26-17-11-10-15(13-18(17)24-2)14-21-22-20(23)19(25-3)16-8-6-5-7-9-16/h4-11,13-14,19H,1,12H2,2-3H3,(H,22,23)/t19-/m1/s1. The van der Waals surface area contributed by atoms with E-state index in [2.05, 4.69) is 17.1 Å². The summed E-state index contributed by atoms with van der Waals surface area (Å²) in [4.78, 5) is 12.3. The Morgan fingerprint density at radius 3 is 2.62 bits per heavy atom. The van der Waals surface area contributed by atoms with Crippen LogP contribution in [0.1, 0.15) is 17.2 Å². The number of methoxy groups -OCH3 is 2. The zero-order valence-corrected chi connectivity index (χ0v) is 14.8. The fraction of sp³-hybridized carbons (Fsp3) is 0.200. The molecule has 0 spiro atoms. The maximum Gasteiger partial charge on any atom is 0.273 e. The first-order chi connectivity index (χ1) is 12.7. The van der Waals surface area contributed by atoms with E-state index in [-0.39, 0.29) is 5.91 Å². The van der Waals surface area contributed by atoms with E-state index in [9.17, 15) is 4.79 Å². The molecule has 0 aromatic heterocycles. The average molecular weight is 354 g/mol. The lowest BCUT2D eigenvalue weighted by molar-refractivity contribution is -0.131. The first-order valence-corrected chi connectivity index (χ1v) is 8.02. The highest BCUT2D eigenvalue weighted by Gasteiger charge is 2.19. The third-order valence-electron chi connectivity index (χ3n) is 3.51. The highest BCUT2D eigenvalue weighted by molar-refractivity contribution is 5.85. The van der Waals surface area contributed by atoms with Gasteiger partial charge in [-0.15, -0.1) is 0 Å². The molecule has 1 atom stereocenters. The Morgan fingerprint density at radius 2 is 1.96 bits per heavy atom. The van der Waals surface area contributed by atoms with E-state index >= 15 is 0 Å². The number of hydrogen-bond donors (Lipinski definition) is 1. The van der Waals surface area contributed by atoms with Crippen LogP contribution in [0.2, 0.25) is 0 Å². The third-order valence-corrected chi connectivity index (χ3v) is 3.51. The summed E-state index contributed by atoms with van der Waals surface area (Å²) in [5.41, 5.74) is 4.00. The van der Waals surface area contributed by atoms with Crippen molar-refractivity contribution in [2.45, 2.75) is 6.10 Å². The molecule has 1 amide bonds. The zero-order chi connectivity index (χ0) is 18.8. The van der Waals surface area contributed by atoms with Crippen molar-refractivity contribution in [1.29, 1.82) is 0 Å². The highest BCUT2D eigenvalue weighted by atomic mass is 16.5. The summed E-state index contributed by atoms with van der Waals surface area (Å²) >= 11 is 0. The molecule has 1 N–H and O–H groups in total. The maximum absolute atomic E-state index is 12.3. The summed E-state index contributed by atoms with van der Waals surface area (Å²) in [6.45, 7) is 4.00. The first kappa shape index (κ1) is 19.2. The van der Waals surface area contributed by atoms with Gasteiger partial charge in [0.1, 0.15) is 6.61 Å². The van der Waals surface area contributed by atoms with Crippen molar-refractivity contribution >= 4 is 12.1 Å². The van der Waals surface area contributed by atoms with E-state index < -0.39 is 6.10 Å². The van der Waals surface area contributed by atoms with Crippen LogP contribution in [0.3, 0.4) is 0 Å². The Bertz CT molecular complexity index is 760. The molecular weight excluding hydrogens is 332 g/mol. The van der Waals surface area contributed by atoms with Crippen molar-refractivity contribution in [1.82, 2.24) is 5.43 Å². The minimum Gasteiger partial charge on any atom is -0.493 e. The van der Waals surface area contributed by atoms with Gasteiger partial charge >= 0.3 is 0 Å². The van der Waals surface area contributed by atoms with E-state index in [1.165, 1.54) is 13.3 Å². The van der Waals surface area contributed by atoms with E-state index in [1.807, 2.05) is 36.4 Å². The number of ether oxygens (including phenoxy) is 3. The second kappa shape index (κ2) is 10.0. The smallest absolute Gasteiger partial charge is 0.273 e. The summed E-state index contributed by atoms with van der Waals surface area (Å²) < 4.78 is 16.1. The molecule has 2 aromatic carbocycles. The van der Waals surface area contributed by atoms with Crippen molar-refractivity contribution in [2.24, 2.45) is 5.10 Å². The molecule has 0 saturated carbocycles. The van der Waals surface area contributed by atoms with Gasteiger partial charge in [0.05, 0.1) is 13.3 Å². The molecule has 136 valence electrons. The van der Waals surface area contributed by atoms with Gasteiger partial charge in [0.2, 0.25) is 0 Å². The Kier molecular flexibility index (Phi) is 7.39. The molecular formula is C20H22N2O4. The van der Waals surface area contributed by atoms with Crippen molar-refractivity contribution < 1.29 is 19.0 Å². The van der Waals surface area contributed by atoms with Crippen LogP contribution in [-0.4, -0.2) is 32.9 Å². The molecule has 0 radical (unpaired) electrons. The fourth-order valence-corrected chi connectivity index (χ4v) is 2.28. The second-order valence-corrected chi connectivity index (χ2v) is 5.27. The number of benzene rings is 2. The van der Waals surface area contributed by atoms with Crippen LogP contribution in [0, 0.1) is 0 Å². The van der Waals surface area contributed by atoms with Crippen LogP contribution in [0.5, 0.6) is 11.5 Å². The normalized spacial score (nSPS) is 11.8. The van der Waals surface area contributed by atoms with Gasteiger partial charge in [-0.25, -0.2) is 5.43 Å². The number of nitrogens with zero attached hydrogens (tertiary/aromatic N) is 1. The summed E-state index contributed by atoms with van der Waals surface area (Å²) in [7, 11) is 3.04. The lowest BCUT2D eigenvalue weighted by atomic mass is 10.1. The van der Waals surface area contributed by atoms with Crippen LogP contribution < -0.4 is 14.9 Å². The molecule has 0 bridgehead atoms. The molecule has 6 nitrogen and oxygen atoms in total. The summed E-state index contributed by atoms with van der Waals surface area (Å²) in [6.07, 6.45) is 2.45. The molecule has 0 aliphatic carbocycles. The SMILES string of the molecule is C=CCOc1ccc(C=NNC(=O)[C@H](OC)c2ccccc2)cc1OC. The van der Waals surface area contributed by atoms with Gasteiger partial charge in [-0.1, -0.05) is 43.0 Å². The summed E-state index contributed by atoms with van der Waals surface area (Å²) in [5.74, 6) is 0.825. The van der Waals surface area contributed by atoms with Gasteiger partial charge < -0.3 is 14.2 Å². The molecule has 2 rings (SSSR count). The second-order valence-electron chi connectivity index (χ2n) is 5.27. The predicted molar refractivity (Wildman–Crippen MR) is 101 cm³/mol. The number of hydrazone groups is 1. The van der Waals surface area contributed by atoms with Crippen molar-refractivity contribution in [3.8, 4) is 11.5 Å². The first-order valence-electron chi connectivity index (χ1n) is 8.02. The lowest BCUT2D eigenvalue weighted by Gasteiger charge is -2.13. The van der Waals surface area contributed by atoms with E-state index in [0.29, 0.717) is 18.1 Å². The Labute approximate surface area is 153 Å². The molecule has 26 heavy (non-hydrogen) atoms. The largest absolute Gasteiger partial charge is 0.493 e. The number of amides is 1. The van der Waals surface area contributed by atoms with Gasteiger partial charge in [0.15, 0.2) is 17.6 Å². The maximum atomic E-state index is 12.3.